The SMILES string of the molecule is CCOC(=O)c1cc(C(F)F)c(OC(F)(F)F)[nH]c1=O. The van der Waals surface area contributed by atoms with Gasteiger partial charge in [-0.05, 0) is 13.0 Å². The third-order valence-electron chi connectivity index (χ3n) is 1.98. The van der Waals surface area contributed by atoms with Gasteiger partial charge in [-0.15, -0.1) is 13.2 Å². The minimum Gasteiger partial charge on any atom is -0.462 e. The van der Waals surface area contributed by atoms with Crippen LogP contribution in [0.15, 0.2) is 10.9 Å². The first-order valence-corrected chi connectivity index (χ1v) is 5.14. The standard InChI is InChI=1S/C10H8F5NO4/c1-2-19-9(18)5-3-4(6(11)12)8(16-7(5)17)20-10(13,14)15/h3,6H,2H2,1H3,(H,16,17). The Balaban J connectivity index is 3.32. The molecular formula is C10H8F5NO4. The van der Waals surface area contributed by atoms with E-state index in [0.717, 1.165) is 0 Å². The van der Waals surface area contributed by atoms with E-state index in [9.17, 15) is 31.5 Å². The highest BCUT2D eigenvalue weighted by molar-refractivity contribution is 5.89. The molecule has 5 nitrogen and oxygen atoms in total. The average Bonchev–Trinajstić information content (AvgIpc) is 2.26. The van der Waals surface area contributed by atoms with Crippen LogP contribution in [-0.4, -0.2) is 23.9 Å². The molecule has 0 fully saturated rings. The number of ether oxygens (including phenoxy) is 2. The lowest BCUT2D eigenvalue weighted by Gasteiger charge is -2.13. The van der Waals surface area contributed by atoms with Crippen molar-refractivity contribution in [1.29, 1.82) is 0 Å². The van der Waals surface area contributed by atoms with Crippen molar-refractivity contribution in [2.45, 2.75) is 19.7 Å². The van der Waals surface area contributed by atoms with E-state index in [-0.39, 0.29) is 6.61 Å². The molecule has 0 atom stereocenters. The van der Waals surface area contributed by atoms with E-state index >= 15 is 0 Å². The lowest BCUT2D eigenvalue weighted by molar-refractivity contribution is -0.276. The monoisotopic (exact) mass is 301 g/mol. The summed E-state index contributed by atoms with van der Waals surface area (Å²) in [6.45, 7) is 1.27. The van der Waals surface area contributed by atoms with E-state index in [2.05, 4.69) is 9.47 Å². The fraction of sp³-hybridized carbons (Fsp3) is 0.400. The van der Waals surface area contributed by atoms with Gasteiger partial charge in [0.1, 0.15) is 5.56 Å². The first-order chi connectivity index (χ1) is 9.15. The Morgan fingerprint density at radius 1 is 1.40 bits per heavy atom. The molecule has 0 aliphatic heterocycles. The molecule has 0 unspecified atom stereocenters. The Bertz CT molecular complexity index is 552. The fourth-order valence-corrected chi connectivity index (χ4v) is 1.25. The number of H-pyrrole nitrogens is 1. The number of nitrogens with one attached hydrogen (secondary N) is 1. The fourth-order valence-electron chi connectivity index (χ4n) is 1.25. The van der Waals surface area contributed by atoms with Crippen molar-refractivity contribution >= 4 is 5.97 Å². The molecule has 1 rings (SSSR count). The molecule has 0 saturated carbocycles. The number of aromatic nitrogens is 1. The number of carbonyl (C=O) groups excluding carboxylic acids is 1. The number of alkyl halides is 5. The van der Waals surface area contributed by atoms with E-state index in [4.69, 9.17) is 0 Å². The molecule has 0 saturated heterocycles. The second-order valence-electron chi connectivity index (χ2n) is 3.37. The van der Waals surface area contributed by atoms with Gasteiger partial charge in [-0.25, -0.2) is 13.6 Å². The van der Waals surface area contributed by atoms with Crippen LogP contribution < -0.4 is 10.3 Å². The van der Waals surface area contributed by atoms with Crippen LogP contribution in [0.3, 0.4) is 0 Å². The lowest BCUT2D eigenvalue weighted by atomic mass is 10.2. The molecule has 1 N–H and O–H groups in total. The first kappa shape index (κ1) is 15.9. The Morgan fingerprint density at radius 2 is 2.00 bits per heavy atom. The maximum Gasteiger partial charge on any atom is 0.574 e. The molecule has 1 aromatic rings. The smallest absolute Gasteiger partial charge is 0.462 e. The average molecular weight is 301 g/mol. The highest BCUT2D eigenvalue weighted by atomic mass is 19.4. The van der Waals surface area contributed by atoms with Crippen LogP contribution in [0.5, 0.6) is 5.88 Å². The Labute approximate surface area is 108 Å². The zero-order valence-electron chi connectivity index (χ0n) is 9.88. The van der Waals surface area contributed by atoms with Crippen LogP contribution in [0.25, 0.3) is 0 Å². The molecule has 20 heavy (non-hydrogen) atoms. The first-order valence-electron chi connectivity index (χ1n) is 5.14. The van der Waals surface area contributed by atoms with Crippen molar-refractivity contribution in [2.75, 3.05) is 6.61 Å². The van der Waals surface area contributed by atoms with Gasteiger partial charge in [0.2, 0.25) is 5.88 Å². The highest BCUT2D eigenvalue weighted by Gasteiger charge is 2.34. The molecule has 1 heterocycles. The molecule has 0 aliphatic carbocycles. The molecule has 112 valence electrons. The molecular weight excluding hydrogens is 293 g/mol. The summed E-state index contributed by atoms with van der Waals surface area (Å²) in [6, 6.07) is 0.308. The maximum absolute atomic E-state index is 12.6. The summed E-state index contributed by atoms with van der Waals surface area (Å²) in [6.07, 6.45) is -8.66. The number of halogens is 5. The van der Waals surface area contributed by atoms with Gasteiger partial charge in [0.25, 0.3) is 12.0 Å². The van der Waals surface area contributed by atoms with Gasteiger partial charge in [0.15, 0.2) is 0 Å². The summed E-state index contributed by atoms with van der Waals surface area (Å²) in [4.78, 5) is 24.1. The van der Waals surface area contributed by atoms with Crippen LogP contribution in [0.1, 0.15) is 29.3 Å². The van der Waals surface area contributed by atoms with E-state index in [1.54, 1.807) is 0 Å². The van der Waals surface area contributed by atoms with E-state index in [0.29, 0.717) is 6.07 Å². The second kappa shape index (κ2) is 5.88. The Morgan fingerprint density at radius 3 is 2.45 bits per heavy atom. The topological polar surface area (TPSA) is 68.4 Å². The summed E-state index contributed by atoms with van der Waals surface area (Å²) in [5.74, 6) is -2.69. The maximum atomic E-state index is 12.6. The zero-order chi connectivity index (χ0) is 15.5. The van der Waals surface area contributed by atoms with Crippen LogP contribution in [0, 0.1) is 0 Å². The number of aromatic amines is 1. The number of carbonyl (C=O) groups is 1. The largest absolute Gasteiger partial charge is 0.574 e. The van der Waals surface area contributed by atoms with E-state index < -0.39 is 41.3 Å². The van der Waals surface area contributed by atoms with Gasteiger partial charge in [0, 0.05) is 0 Å². The van der Waals surface area contributed by atoms with Gasteiger partial charge in [0.05, 0.1) is 12.2 Å². The molecule has 0 bridgehead atoms. The molecule has 0 aliphatic rings. The van der Waals surface area contributed by atoms with Crippen LogP contribution >= 0.6 is 0 Å². The number of pyridine rings is 1. The Kier molecular flexibility index (Phi) is 4.69. The molecule has 10 heteroatoms. The zero-order valence-corrected chi connectivity index (χ0v) is 9.88. The lowest BCUT2D eigenvalue weighted by Crippen LogP contribution is -2.25. The highest BCUT2D eigenvalue weighted by Crippen LogP contribution is 2.30. The third-order valence-corrected chi connectivity index (χ3v) is 1.98. The van der Waals surface area contributed by atoms with E-state index in [1.165, 1.54) is 11.9 Å². The van der Waals surface area contributed by atoms with Crippen LogP contribution in [0.2, 0.25) is 0 Å². The van der Waals surface area contributed by atoms with Gasteiger partial charge in [-0.1, -0.05) is 0 Å². The molecule has 1 aromatic heterocycles. The van der Waals surface area contributed by atoms with Crippen LogP contribution in [-0.2, 0) is 4.74 Å². The van der Waals surface area contributed by atoms with Crippen molar-refractivity contribution in [3.05, 3.63) is 27.5 Å². The van der Waals surface area contributed by atoms with Crippen molar-refractivity contribution in [1.82, 2.24) is 4.98 Å². The summed E-state index contributed by atoms with van der Waals surface area (Å²) in [7, 11) is 0. The number of hydrogen-bond donors (Lipinski definition) is 1. The predicted octanol–water partition coefficient (Wildman–Crippen LogP) is 2.39. The second-order valence-corrected chi connectivity index (χ2v) is 3.37. The van der Waals surface area contributed by atoms with Gasteiger partial charge < -0.3 is 9.47 Å². The molecule has 0 aromatic carbocycles. The number of esters is 1. The van der Waals surface area contributed by atoms with Crippen LogP contribution in [0.4, 0.5) is 22.0 Å². The van der Waals surface area contributed by atoms with Crippen molar-refractivity contribution in [2.24, 2.45) is 0 Å². The number of hydrogen-bond acceptors (Lipinski definition) is 4. The minimum absolute atomic E-state index is 0.136. The summed E-state index contributed by atoms with van der Waals surface area (Å²) >= 11 is 0. The van der Waals surface area contributed by atoms with Crippen molar-refractivity contribution in [3.8, 4) is 5.88 Å². The quantitative estimate of drug-likeness (QED) is 0.685. The normalized spacial score (nSPS) is 11.6. The summed E-state index contributed by atoms with van der Waals surface area (Å²) in [5, 5.41) is 0. The van der Waals surface area contributed by atoms with Crippen molar-refractivity contribution < 1.29 is 36.2 Å². The van der Waals surface area contributed by atoms with Gasteiger partial charge in [-0.2, -0.15) is 0 Å². The minimum atomic E-state index is -5.27. The molecule has 0 radical (unpaired) electrons. The summed E-state index contributed by atoms with van der Waals surface area (Å²) < 4.78 is 69.0. The molecule has 0 amide bonds. The molecule has 0 spiro atoms. The Hall–Kier alpha value is -2.13. The predicted molar refractivity (Wildman–Crippen MR) is 54.7 cm³/mol. The third kappa shape index (κ3) is 3.93. The number of rotatable bonds is 4. The van der Waals surface area contributed by atoms with E-state index in [1.807, 2.05) is 0 Å². The summed E-state index contributed by atoms with van der Waals surface area (Å²) in [5.41, 5.74) is -3.44. The van der Waals surface area contributed by atoms with Gasteiger partial charge in [-0.3, -0.25) is 9.78 Å². The van der Waals surface area contributed by atoms with Gasteiger partial charge >= 0.3 is 12.3 Å². The van der Waals surface area contributed by atoms with Crippen molar-refractivity contribution in [3.63, 3.8) is 0 Å².